The van der Waals surface area contributed by atoms with Crippen molar-refractivity contribution >= 4 is 5.91 Å². The van der Waals surface area contributed by atoms with Gasteiger partial charge in [-0.1, -0.05) is 6.07 Å². The Morgan fingerprint density at radius 1 is 1.03 bits per heavy atom. The van der Waals surface area contributed by atoms with Crippen LogP contribution in [0.15, 0.2) is 48.8 Å². The zero-order valence-electron chi connectivity index (χ0n) is 18.8. The minimum Gasteiger partial charge on any atom is -0.327 e. The van der Waals surface area contributed by atoms with Crippen LogP contribution >= 0.6 is 0 Å². The number of halogens is 3. The van der Waals surface area contributed by atoms with Gasteiger partial charge in [0.05, 0.1) is 35.4 Å². The predicted molar refractivity (Wildman–Crippen MR) is 120 cm³/mol. The Balaban J connectivity index is 1.45. The highest BCUT2D eigenvalue weighted by Crippen LogP contribution is 2.45. The third-order valence-corrected chi connectivity index (χ3v) is 6.88. The van der Waals surface area contributed by atoms with Crippen LogP contribution in [0, 0.1) is 17.5 Å². The Labute approximate surface area is 198 Å². The van der Waals surface area contributed by atoms with Gasteiger partial charge < -0.3 is 4.90 Å². The molecule has 1 amide bonds. The average molecular weight is 478 g/mol. The second-order valence-corrected chi connectivity index (χ2v) is 8.97. The van der Waals surface area contributed by atoms with Crippen molar-refractivity contribution in [3.8, 4) is 16.9 Å². The van der Waals surface area contributed by atoms with Gasteiger partial charge in [0.2, 0.25) is 0 Å². The summed E-state index contributed by atoms with van der Waals surface area (Å²) in [5, 5.41) is 12.7. The third kappa shape index (κ3) is 3.43. The van der Waals surface area contributed by atoms with E-state index in [-0.39, 0.29) is 29.2 Å². The molecule has 0 unspecified atom stereocenters. The first kappa shape index (κ1) is 21.6. The van der Waals surface area contributed by atoms with Gasteiger partial charge in [0.25, 0.3) is 5.91 Å². The number of amides is 1. The van der Waals surface area contributed by atoms with Crippen molar-refractivity contribution in [2.45, 2.75) is 37.8 Å². The zero-order valence-corrected chi connectivity index (χ0v) is 18.8. The highest BCUT2D eigenvalue weighted by molar-refractivity contribution is 5.98. The summed E-state index contributed by atoms with van der Waals surface area (Å²) >= 11 is 0. The molecule has 178 valence electrons. The Morgan fingerprint density at radius 2 is 1.77 bits per heavy atom. The average Bonchev–Trinajstić information content (AvgIpc) is 3.45. The van der Waals surface area contributed by atoms with Crippen LogP contribution in [0.1, 0.15) is 46.9 Å². The van der Waals surface area contributed by atoms with Crippen molar-refractivity contribution in [3.05, 3.63) is 83.1 Å². The number of aryl methyl sites for hydroxylation is 1. The fraction of sp³-hybridized carbons (Fsp3) is 0.280. The monoisotopic (exact) mass is 478 g/mol. The molecule has 35 heavy (non-hydrogen) atoms. The number of hydrogen-bond donors (Lipinski definition) is 0. The van der Waals surface area contributed by atoms with Gasteiger partial charge in [-0.05, 0) is 49.9 Å². The second-order valence-electron chi connectivity index (χ2n) is 8.97. The largest absolute Gasteiger partial charge is 0.327 e. The first-order chi connectivity index (χ1) is 16.9. The van der Waals surface area contributed by atoms with Crippen molar-refractivity contribution in [3.63, 3.8) is 0 Å². The van der Waals surface area contributed by atoms with Gasteiger partial charge >= 0.3 is 0 Å². The number of aromatic nitrogens is 5. The molecule has 2 atom stereocenters. The Hall–Kier alpha value is -3.95. The van der Waals surface area contributed by atoms with Crippen LogP contribution in [0.4, 0.5) is 13.2 Å². The van der Waals surface area contributed by atoms with E-state index in [4.69, 9.17) is 5.10 Å². The molecule has 0 N–H and O–H groups in total. The van der Waals surface area contributed by atoms with E-state index in [0.717, 1.165) is 29.3 Å². The molecule has 7 nitrogen and oxygen atoms in total. The number of benzene rings is 2. The molecule has 4 aromatic rings. The van der Waals surface area contributed by atoms with Gasteiger partial charge in [0.1, 0.15) is 17.3 Å². The number of rotatable bonds is 3. The number of nitrogens with zero attached hydrogens (tertiary/aromatic N) is 6. The van der Waals surface area contributed by atoms with Crippen LogP contribution in [-0.2, 0) is 13.5 Å². The lowest BCUT2D eigenvalue weighted by Gasteiger charge is -2.45. The van der Waals surface area contributed by atoms with Crippen LogP contribution in [0.25, 0.3) is 16.9 Å². The van der Waals surface area contributed by atoms with Crippen molar-refractivity contribution in [1.29, 1.82) is 0 Å². The maximum atomic E-state index is 14.8. The van der Waals surface area contributed by atoms with Gasteiger partial charge in [-0.25, -0.2) is 13.2 Å². The van der Waals surface area contributed by atoms with Crippen LogP contribution in [-0.4, -0.2) is 41.6 Å². The molecule has 0 aliphatic carbocycles. The molecular weight excluding hydrogens is 457 g/mol. The van der Waals surface area contributed by atoms with E-state index in [9.17, 15) is 18.0 Å². The van der Waals surface area contributed by atoms with E-state index >= 15 is 0 Å². The summed E-state index contributed by atoms with van der Waals surface area (Å²) in [4.78, 5) is 16.8. The van der Waals surface area contributed by atoms with Gasteiger partial charge in [0, 0.05) is 30.3 Å². The van der Waals surface area contributed by atoms with Gasteiger partial charge in [-0.3, -0.25) is 9.48 Å². The first-order valence-corrected chi connectivity index (χ1v) is 11.4. The van der Waals surface area contributed by atoms with E-state index in [2.05, 4.69) is 10.2 Å². The second kappa shape index (κ2) is 8.07. The van der Waals surface area contributed by atoms with Crippen LogP contribution in [0.3, 0.4) is 0 Å². The van der Waals surface area contributed by atoms with Gasteiger partial charge in [-0.2, -0.15) is 15.3 Å². The molecule has 10 heteroatoms. The Morgan fingerprint density at radius 3 is 2.51 bits per heavy atom. The smallest absolute Gasteiger partial charge is 0.257 e. The standard InChI is InChI=1S/C25H21F3N6O/c1-32-23(14-10-15(26)12-16(27)11-14)19-13-17-4-2-7-21(22(19)31-32)33(17)25(35)18-5-3-6-20(28)24(18)34-29-8-9-30-34/h3,5-6,8-12,17,21H,2,4,7,13H2,1H3/t17-,21+/m0/s1. The molecule has 2 bridgehead atoms. The molecule has 0 radical (unpaired) electrons. The predicted octanol–water partition coefficient (Wildman–Crippen LogP) is 4.38. The summed E-state index contributed by atoms with van der Waals surface area (Å²) in [6.07, 6.45) is 5.70. The van der Waals surface area contributed by atoms with Crippen molar-refractivity contribution in [2.75, 3.05) is 0 Å². The van der Waals surface area contributed by atoms with E-state index in [1.54, 1.807) is 22.7 Å². The Bertz CT molecular complexity index is 1430. The maximum Gasteiger partial charge on any atom is 0.257 e. The molecule has 1 saturated heterocycles. The third-order valence-electron chi connectivity index (χ3n) is 6.88. The lowest BCUT2D eigenvalue weighted by atomic mass is 9.81. The summed E-state index contributed by atoms with van der Waals surface area (Å²) in [7, 11) is 1.74. The van der Waals surface area contributed by atoms with E-state index < -0.39 is 17.5 Å². The number of hydrogen-bond acceptors (Lipinski definition) is 4. The Kier molecular flexibility index (Phi) is 4.98. The molecule has 0 saturated carbocycles. The normalized spacial score (nSPS) is 19.0. The summed E-state index contributed by atoms with van der Waals surface area (Å²) < 4.78 is 44.4. The molecule has 2 aromatic carbocycles. The van der Waals surface area contributed by atoms with Crippen molar-refractivity contribution in [2.24, 2.45) is 7.05 Å². The molecule has 2 aromatic heterocycles. The fourth-order valence-corrected chi connectivity index (χ4v) is 5.56. The SMILES string of the molecule is Cn1nc2c(c1-c1cc(F)cc(F)c1)C[C@@H]1CCC[C@H]2N1C(=O)c1cccc(F)c1-n1nccn1. The molecule has 0 spiro atoms. The molecular formula is C25H21F3N6O. The number of fused-ring (bicyclic) bond motifs is 4. The lowest BCUT2D eigenvalue weighted by Crippen LogP contribution is -2.50. The maximum absolute atomic E-state index is 14.8. The molecule has 2 aliphatic rings. The van der Waals surface area contributed by atoms with E-state index in [0.29, 0.717) is 29.8 Å². The lowest BCUT2D eigenvalue weighted by molar-refractivity contribution is 0.0391. The fourth-order valence-electron chi connectivity index (χ4n) is 5.56. The van der Waals surface area contributed by atoms with Gasteiger partial charge in [-0.15, -0.1) is 4.80 Å². The molecule has 1 fully saturated rings. The van der Waals surface area contributed by atoms with Crippen molar-refractivity contribution in [1.82, 2.24) is 29.7 Å². The minimum absolute atomic E-state index is 0.00307. The number of carbonyl (C=O) groups excluding carboxylic acids is 1. The number of carbonyl (C=O) groups is 1. The summed E-state index contributed by atoms with van der Waals surface area (Å²) in [6.45, 7) is 0. The van der Waals surface area contributed by atoms with Crippen LogP contribution in [0.2, 0.25) is 0 Å². The quantitative estimate of drug-likeness (QED) is 0.438. The van der Waals surface area contributed by atoms with E-state index in [1.165, 1.54) is 36.7 Å². The highest BCUT2D eigenvalue weighted by Gasteiger charge is 2.44. The summed E-state index contributed by atoms with van der Waals surface area (Å²) in [5.41, 5.74) is 2.84. The number of para-hydroxylation sites is 1. The number of piperidine rings is 1. The van der Waals surface area contributed by atoms with Crippen LogP contribution in [0.5, 0.6) is 0 Å². The van der Waals surface area contributed by atoms with Crippen LogP contribution < -0.4 is 0 Å². The van der Waals surface area contributed by atoms with Crippen molar-refractivity contribution < 1.29 is 18.0 Å². The zero-order chi connectivity index (χ0) is 24.3. The topological polar surface area (TPSA) is 68.8 Å². The summed E-state index contributed by atoms with van der Waals surface area (Å²) in [6, 6.07) is 7.29. The van der Waals surface area contributed by atoms with E-state index in [1.807, 2.05) is 0 Å². The van der Waals surface area contributed by atoms with Gasteiger partial charge in [0.15, 0.2) is 5.82 Å². The molecule has 6 rings (SSSR count). The summed E-state index contributed by atoms with van der Waals surface area (Å²) in [5.74, 6) is -2.23. The highest BCUT2D eigenvalue weighted by atomic mass is 19.1. The molecule has 2 aliphatic heterocycles. The minimum atomic E-state index is -0.659. The molecule has 4 heterocycles. The first-order valence-electron chi connectivity index (χ1n) is 11.4.